The zero-order chi connectivity index (χ0) is 22.0. The fourth-order valence-electron chi connectivity index (χ4n) is 4.00. The van der Waals surface area contributed by atoms with Crippen LogP contribution in [0, 0.1) is 0 Å². The van der Waals surface area contributed by atoms with Gasteiger partial charge in [-0.05, 0) is 75.2 Å². The van der Waals surface area contributed by atoms with E-state index in [-0.39, 0.29) is 16.8 Å². The largest absolute Gasteiger partial charge is 0.493 e. The van der Waals surface area contributed by atoms with Gasteiger partial charge >= 0.3 is 0 Å². The van der Waals surface area contributed by atoms with Crippen molar-refractivity contribution in [1.82, 2.24) is 4.31 Å². The van der Waals surface area contributed by atoms with Crippen molar-refractivity contribution in [3.63, 3.8) is 0 Å². The molecule has 2 heterocycles. The van der Waals surface area contributed by atoms with E-state index < -0.39 is 10.0 Å². The number of nitrogens with zero attached hydrogens (tertiary/aromatic N) is 1. The molecule has 4 rings (SSSR count). The molecule has 2 aromatic rings. The summed E-state index contributed by atoms with van der Waals surface area (Å²) in [7, 11) is -3.49. The summed E-state index contributed by atoms with van der Waals surface area (Å²) in [6.45, 7) is 5.57. The number of rotatable bonds is 7. The number of ether oxygens (including phenoxy) is 2. The van der Waals surface area contributed by atoms with Crippen LogP contribution in [0.1, 0.15) is 48.2 Å². The summed E-state index contributed by atoms with van der Waals surface area (Å²) in [6.07, 6.45) is 5.93. The zero-order valence-electron chi connectivity index (χ0n) is 17.8. The second-order valence-electron chi connectivity index (χ2n) is 7.90. The van der Waals surface area contributed by atoms with Crippen LogP contribution in [0.25, 0.3) is 6.08 Å². The Morgan fingerprint density at radius 3 is 2.58 bits per heavy atom. The van der Waals surface area contributed by atoms with Crippen LogP contribution in [0.3, 0.4) is 0 Å². The second-order valence-corrected chi connectivity index (χ2v) is 9.83. The van der Waals surface area contributed by atoms with E-state index in [1.807, 2.05) is 26.0 Å². The van der Waals surface area contributed by atoms with Gasteiger partial charge in [0.2, 0.25) is 10.0 Å². The smallest absolute Gasteiger partial charge is 0.243 e. The number of hydrogen-bond donors (Lipinski definition) is 0. The van der Waals surface area contributed by atoms with Crippen molar-refractivity contribution in [3.05, 3.63) is 59.2 Å². The van der Waals surface area contributed by atoms with E-state index in [2.05, 4.69) is 0 Å². The third kappa shape index (κ3) is 4.52. The number of sulfonamides is 1. The molecule has 2 aliphatic rings. The highest BCUT2D eigenvalue weighted by Crippen LogP contribution is 2.35. The fraction of sp³-hybridized carbons (Fsp3) is 0.375. The number of hydrogen-bond acceptors (Lipinski definition) is 5. The van der Waals surface area contributed by atoms with Gasteiger partial charge in [0, 0.05) is 36.2 Å². The van der Waals surface area contributed by atoms with Crippen LogP contribution in [0.15, 0.2) is 47.4 Å². The zero-order valence-corrected chi connectivity index (χ0v) is 18.7. The van der Waals surface area contributed by atoms with Crippen LogP contribution in [-0.2, 0) is 16.4 Å². The summed E-state index contributed by atoms with van der Waals surface area (Å²) < 4.78 is 38.4. The molecule has 1 unspecified atom stereocenters. The van der Waals surface area contributed by atoms with Crippen molar-refractivity contribution < 1.29 is 22.7 Å². The molecule has 0 N–H and O–H groups in total. The fourth-order valence-corrected chi connectivity index (χ4v) is 5.51. The molecule has 0 spiro atoms. The maximum absolute atomic E-state index is 12.7. The lowest BCUT2D eigenvalue weighted by molar-refractivity contribution is 0.104. The quantitative estimate of drug-likeness (QED) is 0.478. The van der Waals surface area contributed by atoms with E-state index in [4.69, 9.17) is 9.47 Å². The lowest BCUT2D eigenvalue weighted by atomic mass is 10.0. The Kier molecular flexibility index (Phi) is 6.16. The van der Waals surface area contributed by atoms with Gasteiger partial charge in [0.1, 0.15) is 17.6 Å². The highest BCUT2D eigenvalue weighted by Gasteiger charge is 2.27. The molecule has 1 atom stereocenters. The average molecular weight is 442 g/mol. The molecular formula is C24H27NO5S. The minimum absolute atomic E-state index is 0.126. The van der Waals surface area contributed by atoms with Crippen molar-refractivity contribution in [2.45, 2.75) is 44.1 Å². The molecule has 0 saturated carbocycles. The molecule has 7 heteroatoms. The van der Waals surface area contributed by atoms with E-state index in [0.717, 1.165) is 41.9 Å². The Morgan fingerprint density at radius 1 is 1.19 bits per heavy atom. The Balaban J connectivity index is 1.53. The van der Waals surface area contributed by atoms with E-state index in [0.29, 0.717) is 25.3 Å². The summed E-state index contributed by atoms with van der Waals surface area (Å²) in [5, 5.41) is 0. The predicted molar refractivity (Wildman–Crippen MR) is 119 cm³/mol. The third-order valence-electron chi connectivity index (χ3n) is 5.58. The van der Waals surface area contributed by atoms with Crippen molar-refractivity contribution in [3.8, 4) is 11.5 Å². The van der Waals surface area contributed by atoms with E-state index in [1.54, 1.807) is 18.2 Å². The van der Waals surface area contributed by atoms with Gasteiger partial charge in [0.05, 0.1) is 11.5 Å². The first-order valence-corrected chi connectivity index (χ1v) is 12.1. The number of benzene rings is 2. The maximum Gasteiger partial charge on any atom is 0.243 e. The van der Waals surface area contributed by atoms with Gasteiger partial charge in [-0.1, -0.05) is 0 Å². The Hall–Kier alpha value is -2.64. The van der Waals surface area contributed by atoms with Gasteiger partial charge < -0.3 is 9.47 Å². The van der Waals surface area contributed by atoms with Gasteiger partial charge in [-0.25, -0.2) is 8.42 Å². The molecule has 1 saturated heterocycles. The summed E-state index contributed by atoms with van der Waals surface area (Å²) >= 11 is 0. The van der Waals surface area contributed by atoms with Crippen LogP contribution in [0.2, 0.25) is 0 Å². The van der Waals surface area contributed by atoms with Crippen LogP contribution in [-0.4, -0.2) is 44.3 Å². The van der Waals surface area contributed by atoms with Crippen LogP contribution in [0.5, 0.6) is 11.5 Å². The first-order chi connectivity index (χ1) is 14.9. The molecule has 1 fully saturated rings. The summed E-state index contributed by atoms with van der Waals surface area (Å²) in [5.74, 6) is 1.33. The minimum Gasteiger partial charge on any atom is -0.493 e. The lowest BCUT2D eigenvalue weighted by Gasteiger charge is -2.15. The molecule has 6 nitrogen and oxygen atoms in total. The molecule has 2 aliphatic heterocycles. The van der Waals surface area contributed by atoms with E-state index in [9.17, 15) is 13.2 Å². The van der Waals surface area contributed by atoms with Crippen molar-refractivity contribution >= 4 is 21.9 Å². The number of carbonyl (C=O) groups is 1. The first kappa shape index (κ1) is 21.6. The summed E-state index contributed by atoms with van der Waals surface area (Å²) in [5.41, 5.74) is 2.31. The minimum atomic E-state index is -3.49. The van der Waals surface area contributed by atoms with Crippen LogP contribution in [0.4, 0.5) is 0 Å². The summed E-state index contributed by atoms with van der Waals surface area (Å²) in [6, 6.07) is 10.0. The highest BCUT2D eigenvalue weighted by molar-refractivity contribution is 7.89. The Labute approximate surface area is 183 Å². The van der Waals surface area contributed by atoms with E-state index >= 15 is 0 Å². The van der Waals surface area contributed by atoms with Crippen LogP contribution >= 0.6 is 0 Å². The number of ketones is 1. The molecule has 0 aromatic heterocycles. The average Bonchev–Trinajstić information content (AvgIpc) is 3.41. The third-order valence-corrected chi connectivity index (χ3v) is 7.50. The molecule has 31 heavy (non-hydrogen) atoms. The number of fused-ring (bicyclic) bond motifs is 1. The maximum atomic E-state index is 12.7. The standard InChI is InChI=1S/C24H27NO5S/c1-3-29-23-16-20-14-17(2)30-24(20)15-19(23)8-11-22(26)18-6-9-21(10-7-18)31(27,28)25-12-4-5-13-25/h6-11,15-17H,3-5,12-14H2,1-2H3. The monoisotopic (exact) mass is 441 g/mol. The van der Waals surface area contributed by atoms with Crippen molar-refractivity contribution in [1.29, 1.82) is 0 Å². The Morgan fingerprint density at radius 2 is 1.90 bits per heavy atom. The van der Waals surface area contributed by atoms with Gasteiger partial charge in [0.15, 0.2) is 5.78 Å². The van der Waals surface area contributed by atoms with Crippen molar-refractivity contribution in [2.24, 2.45) is 0 Å². The molecule has 0 aliphatic carbocycles. The molecule has 0 amide bonds. The Bertz CT molecular complexity index is 1100. The first-order valence-electron chi connectivity index (χ1n) is 10.7. The van der Waals surface area contributed by atoms with Crippen molar-refractivity contribution in [2.75, 3.05) is 19.7 Å². The molecule has 0 bridgehead atoms. The van der Waals surface area contributed by atoms with Gasteiger partial charge in [0.25, 0.3) is 0 Å². The van der Waals surface area contributed by atoms with Crippen LogP contribution < -0.4 is 9.47 Å². The highest BCUT2D eigenvalue weighted by atomic mass is 32.2. The molecule has 0 radical (unpaired) electrons. The predicted octanol–water partition coefficient (Wildman–Crippen LogP) is 4.09. The number of carbonyl (C=O) groups excluding carboxylic acids is 1. The topological polar surface area (TPSA) is 72.9 Å². The second kappa shape index (κ2) is 8.85. The number of allylic oxidation sites excluding steroid dienone is 1. The van der Waals surface area contributed by atoms with Gasteiger partial charge in [-0.2, -0.15) is 4.31 Å². The summed E-state index contributed by atoms with van der Waals surface area (Å²) in [4.78, 5) is 12.9. The van der Waals surface area contributed by atoms with E-state index in [1.165, 1.54) is 22.5 Å². The normalized spacial score (nSPS) is 18.8. The molecular weight excluding hydrogens is 414 g/mol. The SMILES string of the molecule is CCOc1cc2c(cc1C=CC(=O)c1ccc(S(=O)(=O)N3CCCC3)cc1)OC(C)C2. The molecule has 164 valence electrons. The lowest BCUT2D eigenvalue weighted by Crippen LogP contribution is -2.27. The van der Waals surface area contributed by atoms with Gasteiger partial charge in [-0.15, -0.1) is 0 Å². The van der Waals surface area contributed by atoms with Gasteiger partial charge in [-0.3, -0.25) is 4.79 Å². The molecule has 2 aromatic carbocycles.